The van der Waals surface area contributed by atoms with Crippen LogP contribution in [0.2, 0.25) is 5.02 Å². The van der Waals surface area contributed by atoms with Gasteiger partial charge in [0.05, 0.1) is 5.39 Å². The molecular formula is C20H19ClN2OS2. The monoisotopic (exact) mass is 402 g/mol. The fraction of sp³-hybridized carbons (Fsp3) is 0.300. The van der Waals surface area contributed by atoms with Gasteiger partial charge in [-0.25, -0.2) is 4.98 Å². The van der Waals surface area contributed by atoms with E-state index in [0.717, 1.165) is 56.5 Å². The van der Waals surface area contributed by atoms with E-state index in [0.29, 0.717) is 6.54 Å². The molecule has 0 unspecified atom stereocenters. The summed E-state index contributed by atoms with van der Waals surface area (Å²) in [4.78, 5) is 20.3. The molecule has 0 spiro atoms. The number of rotatable bonds is 5. The zero-order valence-electron chi connectivity index (χ0n) is 14.5. The first kappa shape index (κ1) is 17.8. The summed E-state index contributed by atoms with van der Waals surface area (Å²) in [5, 5.41) is 2.32. The lowest BCUT2D eigenvalue weighted by atomic mass is 10.2. The molecule has 1 aromatic carbocycles. The Bertz CT molecular complexity index is 1050. The molecule has 1 aliphatic rings. The SMILES string of the molecule is C=C(C)Cn1c(SCc2ccc(Cl)cc2)nc2sc3c(c2c1=O)CCC3. The van der Waals surface area contributed by atoms with E-state index in [2.05, 4.69) is 6.58 Å². The van der Waals surface area contributed by atoms with E-state index >= 15 is 0 Å². The number of nitrogens with zero attached hydrogens (tertiary/aromatic N) is 2. The molecule has 26 heavy (non-hydrogen) atoms. The van der Waals surface area contributed by atoms with Crippen LogP contribution in [0, 0.1) is 0 Å². The van der Waals surface area contributed by atoms with E-state index in [1.54, 1.807) is 27.7 Å². The molecule has 0 N–H and O–H groups in total. The Kier molecular flexibility index (Phi) is 4.95. The lowest BCUT2D eigenvalue weighted by Crippen LogP contribution is -2.24. The minimum absolute atomic E-state index is 0.0796. The van der Waals surface area contributed by atoms with Crippen LogP contribution in [0.15, 0.2) is 46.4 Å². The standard InChI is InChI=1S/C20H19ClN2OS2/c1-12(2)10-23-19(24)17-15-4-3-5-16(15)26-18(17)22-20(23)25-11-13-6-8-14(21)9-7-13/h6-9H,1,3-5,10-11H2,2H3. The number of halogens is 1. The van der Waals surface area contributed by atoms with Gasteiger partial charge in [-0.2, -0.15) is 0 Å². The van der Waals surface area contributed by atoms with Crippen LogP contribution in [0.25, 0.3) is 10.2 Å². The summed E-state index contributed by atoms with van der Waals surface area (Å²) in [6.45, 7) is 6.45. The van der Waals surface area contributed by atoms with Crippen LogP contribution >= 0.6 is 34.7 Å². The molecule has 3 aromatic rings. The van der Waals surface area contributed by atoms with E-state index in [4.69, 9.17) is 16.6 Å². The average Bonchev–Trinajstić information content (AvgIpc) is 3.17. The van der Waals surface area contributed by atoms with Crippen LogP contribution in [-0.4, -0.2) is 9.55 Å². The molecule has 0 atom stereocenters. The number of benzene rings is 1. The van der Waals surface area contributed by atoms with Gasteiger partial charge in [-0.15, -0.1) is 11.3 Å². The molecule has 2 aromatic heterocycles. The number of fused-ring (bicyclic) bond motifs is 3. The molecule has 3 nitrogen and oxygen atoms in total. The molecule has 4 rings (SSSR count). The summed E-state index contributed by atoms with van der Waals surface area (Å²) in [7, 11) is 0. The first-order chi connectivity index (χ1) is 12.5. The molecule has 0 fully saturated rings. The van der Waals surface area contributed by atoms with Crippen molar-refractivity contribution in [2.45, 2.75) is 43.6 Å². The molecule has 6 heteroatoms. The average molecular weight is 403 g/mol. The minimum atomic E-state index is 0.0796. The Labute approximate surface area is 165 Å². The predicted molar refractivity (Wildman–Crippen MR) is 112 cm³/mol. The third kappa shape index (κ3) is 3.36. The summed E-state index contributed by atoms with van der Waals surface area (Å²) in [6, 6.07) is 7.79. The highest BCUT2D eigenvalue weighted by Crippen LogP contribution is 2.36. The van der Waals surface area contributed by atoms with Crippen molar-refractivity contribution in [1.29, 1.82) is 0 Å². The molecule has 0 saturated heterocycles. The lowest BCUT2D eigenvalue weighted by molar-refractivity contribution is 0.652. The molecular weight excluding hydrogens is 384 g/mol. The van der Waals surface area contributed by atoms with E-state index in [1.807, 2.05) is 31.2 Å². The van der Waals surface area contributed by atoms with Gasteiger partial charge in [-0.05, 0) is 49.4 Å². The van der Waals surface area contributed by atoms with E-state index < -0.39 is 0 Å². The number of aryl methyl sites for hydroxylation is 2. The van der Waals surface area contributed by atoms with Gasteiger partial charge in [0.25, 0.3) is 5.56 Å². The molecule has 1 aliphatic carbocycles. The first-order valence-electron chi connectivity index (χ1n) is 8.59. The third-order valence-corrected chi connectivity index (χ3v) is 6.98. The first-order valence-corrected chi connectivity index (χ1v) is 10.8. The number of aromatic nitrogens is 2. The van der Waals surface area contributed by atoms with Crippen LogP contribution in [0.1, 0.15) is 29.3 Å². The summed E-state index contributed by atoms with van der Waals surface area (Å²) >= 11 is 9.24. The van der Waals surface area contributed by atoms with Crippen molar-refractivity contribution in [3.05, 3.63) is 67.8 Å². The highest BCUT2D eigenvalue weighted by atomic mass is 35.5. The van der Waals surface area contributed by atoms with Crippen LogP contribution in [0.5, 0.6) is 0 Å². The fourth-order valence-corrected chi connectivity index (χ4v) is 5.69. The maximum atomic E-state index is 13.2. The largest absolute Gasteiger partial charge is 0.283 e. The number of thiophene rings is 1. The normalized spacial score (nSPS) is 13.3. The zero-order valence-corrected chi connectivity index (χ0v) is 16.9. The molecule has 0 bridgehead atoms. The number of hydrogen-bond acceptors (Lipinski definition) is 4. The van der Waals surface area contributed by atoms with Crippen molar-refractivity contribution in [2.75, 3.05) is 0 Å². The van der Waals surface area contributed by atoms with Crippen molar-refractivity contribution in [2.24, 2.45) is 0 Å². The molecule has 0 amide bonds. The smallest absolute Gasteiger partial charge is 0.263 e. The Hall–Kier alpha value is -1.56. The van der Waals surface area contributed by atoms with Crippen molar-refractivity contribution >= 4 is 44.9 Å². The van der Waals surface area contributed by atoms with Crippen LogP contribution in [-0.2, 0) is 25.1 Å². The van der Waals surface area contributed by atoms with Gasteiger partial charge >= 0.3 is 0 Å². The van der Waals surface area contributed by atoms with Gasteiger partial charge in [0.1, 0.15) is 4.83 Å². The highest BCUT2D eigenvalue weighted by molar-refractivity contribution is 7.98. The Morgan fingerprint density at radius 3 is 2.85 bits per heavy atom. The van der Waals surface area contributed by atoms with Crippen molar-refractivity contribution in [1.82, 2.24) is 9.55 Å². The summed E-state index contributed by atoms with van der Waals surface area (Å²) < 4.78 is 1.79. The van der Waals surface area contributed by atoms with Gasteiger partial charge in [0, 0.05) is 22.2 Å². The van der Waals surface area contributed by atoms with Gasteiger partial charge in [-0.3, -0.25) is 9.36 Å². The van der Waals surface area contributed by atoms with Gasteiger partial charge < -0.3 is 0 Å². The Morgan fingerprint density at radius 1 is 1.35 bits per heavy atom. The second kappa shape index (κ2) is 7.22. The molecule has 134 valence electrons. The third-order valence-electron chi connectivity index (χ3n) is 4.50. The Morgan fingerprint density at radius 2 is 2.12 bits per heavy atom. The molecule has 0 aliphatic heterocycles. The summed E-state index contributed by atoms with van der Waals surface area (Å²) in [5.74, 6) is 0.746. The van der Waals surface area contributed by atoms with Crippen molar-refractivity contribution < 1.29 is 0 Å². The van der Waals surface area contributed by atoms with Crippen molar-refractivity contribution in [3.63, 3.8) is 0 Å². The van der Waals surface area contributed by atoms with Crippen LogP contribution in [0.4, 0.5) is 0 Å². The molecule has 0 radical (unpaired) electrons. The quantitative estimate of drug-likeness (QED) is 0.322. The second-order valence-electron chi connectivity index (χ2n) is 6.70. The number of thioether (sulfide) groups is 1. The van der Waals surface area contributed by atoms with Crippen LogP contribution < -0.4 is 5.56 Å². The predicted octanol–water partition coefficient (Wildman–Crippen LogP) is 5.47. The van der Waals surface area contributed by atoms with Gasteiger partial charge in [-0.1, -0.05) is 47.6 Å². The number of hydrogen-bond donors (Lipinski definition) is 0. The summed E-state index contributed by atoms with van der Waals surface area (Å²) in [6.07, 6.45) is 3.21. The highest BCUT2D eigenvalue weighted by Gasteiger charge is 2.23. The zero-order chi connectivity index (χ0) is 18.3. The van der Waals surface area contributed by atoms with E-state index in [-0.39, 0.29) is 5.56 Å². The number of allylic oxidation sites excluding steroid dienone is 1. The molecule has 0 saturated carbocycles. The second-order valence-corrected chi connectivity index (χ2v) is 9.16. The van der Waals surface area contributed by atoms with E-state index in [1.165, 1.54) is 10.4 Å². The maximum Gasteiger partial charge on any atom is 0.263 e. The minimum Gasteiger partial charge on any atom is -0.283 e. The van der Waals surface area contributed by atoms with Crippen LogP contribution in [0.3, 0.4) is 0 Å². The van der Waals surface area contributed by atoms with Gasteiger partial charge in [0.2, 0.25) is 0 Å². The van der Waals surface area contributed by atoms with E-state index in [9.17, 15) is 4.79 Å². The Balaban J connectivity index is 1.75. The maximum absolute atomic E-state index is 13.2. The topological polar surface area (TPSA) is 34.9 Å². The summed E-state index contributed by atoms with van der Waals surface area (Å²) in [5.41, 5.74) is 3.42. The van der Waals surface area contributed by atoms with Gasteiger partial charge in [0.15, 0.2) is 5.16 Å². The van der Waals surface area contributed by atoms with Crippen molar-refractivity contribution in [3.8, 4) is 0 Å². The lowest BCUT2D eigenvalue weighted by Gasteiger charge is -2.12. The fourth-order valence-electron chi connectivity index (χ4n) is 3.31. The molecule has 2 heterocycles.